The van der Waals surface area contributed by atoms with Crippen molar-refractivity contribution < 1.29 is 0 Å². The molecule has 0 bridgehead atoms. The van der Waals surface area contributed by atoms with Crippen molar-refractivity contribution in [2.45, 2.75) is 245 Å². The van der Waals surface area contributed by atoms with Gasteiger partial charge in [-0.15, -0.1) is 0 Å². The third-order valence-electron chi connectivity index (χ3n) is 18.7. The van der Waals surface area contributed by atoms with Crippen LogP contribution in [-0.4, -0.2) is 0 Å². The highest BCUT2D eigenvalue weighted by molar-refractivity contribution is 5.89. The maximum atomic E-state index is 2.70. The van der Waals surface area contributed by atoms with E-state index in [2.05, 4.69) is 162 Å². The lowest BCUT2D eigenvalue weighted by Gasteiger charge is -2.35. The number of nitrogens with zero attached hydrogens (tertiary/aromatic N) is 1. The summed E-state index contributed by atoms with van der Waals surface area (Å²) in [5.74, 6) is 0. The van der Waals surface area contributed by atoms with E-state index in [1.807, 2.05) is 0 Å². The predicted octanol–water partition coefficient (Wildman–Crippen LogP) is 23.1. The number of aryl methyl sites for hydroxylation is 4. The van der Waals surface area contributed by atoms with E-state index in [-0.39, 0.29) is 10.8 Å². The van der Waals surface area contributed by atoms with Crippen molar-refractivity contribution in [3.8, 4) is 33.4 Å². The van der Waals surface area contributed by atoms with Crippen LogP contribution in [0.2, 0.25) is 0 Å². The molecule has 0 atom stereocenters. The highest BCUT2D eigenvalue weighted by atomic mass is 15.1. The third-order valence-corrected chi connectivity index (χ3v) is 18.7. The van der Waals surface area contributed by atoms with Gasteiger partial charge in [0.05, 0.1) is 0 Å². The molecule has 1 nitrogen and oxygen atoms in total. The Hall–Kier alpha value is -4.88. The van der Waals surface area contributed by atoms with E-state index < -0.39 is 0 Å². The van der Waals surface area contributed by atoms with Gasteiger partial charge in [-0.3, -0.25) is 0 Å². The molecule has 0 aromatic heterocycles. The molecule has 6 aromatic carbocycles. The summed E-state index contributed by atoms with van der Waals surface area (Å²) in [7, 11) is 0. The monoisotopic (exact) mass is 1000 g/mol. The van der Waals surface area contributed by atoms with E-state index in [9.17, 15) is 0 Å². The van der Waals surface area contributed by atoms with Crippen molar-refractivity contribution in [1.82, 2.24) is 0 Å². The Labute approximate surface area is 457 Å². The smallest absolute Gasteiger partial charge is 0.0465 e. The number of hydrogen-bond donors (Lipinski definition) is 0. The Morgan fingerprint density at radius 3 is 1.01 bits per heavy atom. The molecule has 3 aliphatic rings. The van der Waals surface area contributed by atoms with Crippen molar-refractivity contribution in [3.05, 3.63) is 160 Å². The molecule has 0 spiro atoms. The second-order valence-corrected chi connectivity index (χ2v) is 24.2. The van der Waals surface area contributed by atoms with Crippen LogP contribution in [0.3, 0.4) is 0 Å². The Balaban J connectivity index is 1.17. The molecule has 6 aromatic rings. The quantitative estimate of drug-likeness (QED) is 0.0381. The molecule has 9 rings (SSSR count). The van der Waals surface area contributed by atoms with Gasteiger partial charge >= 0.3 is 0 Å². The standard InChI is InChI=1S/C74H97N/c1-7-11-15-19-23-27-47-73(48-28-24-20-16-12-8-2)69-51-56(5)31-43-65(69)67-45-41-63(54-71(67)73)75(62-39-37-59(38-40-62)61-36-34-58-33-35-60(58)53-61)64-42-46-68-66-44-32-57(6)52-70(66)74(72(68)55-64,49-29-25-21-17-13-9-3)50-30-26-22-18-14-10-4/h31-32,34,36-46,51-55H,7-30,33,35,47-50H2,1-6H3. The maximum Gasteiger partial charge on any atom is 0.0465 e. The number of fused-ring (bicyclic) bond motifs is 7. The van der Waals surface area contributed by atoms with Gasteiger partial charge < -0.3 is 4.90 Å². The highest BCUT2D eigenvalue weighted by Gasteiger charge is 2.45. The minimum Gasteiger partial charge on any atom is -0.310 e. The minimum absolute atomic E-state index is 0.00738. The fraction of sp³-hybridized carbons (Fsp3) is 0.514. The lowest BCUT2D eigenvalue weighted by molar-refractivity contribution is 0.397. The van der Waals surface area contributed by atoms with Crippen LogP contribution >= 0.6 is 0 Å². The van der Waals surface area contributed by atoms with Gasteiger partial charge in [-0.1, -0.05) is 272 Å². The lowest BCUT2D eigenvalue weighted by Crippen LogP contribution is -2.26. The first-order valence-corrected chi connectivity index (χ1v) is 31.4. The summed E-state index contributed by atoms with van der Waals surface area (Å²) in [6, 6.07) is 47.2. The van der Waals surface area contributed by atoms with Gasteiger partial charge in [-0.25, -0.2) is 0 Å². The molecule has 0 heterocycles. The van der Waals surface area contributed by atoms with Crippen molar-refractivity contribution in [2.75, 3.05) is 4.90 Å². The fourth-order valence-electron chi connectivity index (χ4n) is 14.3. The molecule has 0 aliphatic heterocycles. The van der Waals surface area contributed by atoms with Crippen molar-refractivity contribution >= 4 is 17.1 Å². The number of rotatable bonds is 32. The Kier molecular flexibility index (Phi) is 19.4. The van der Waals surface area contributed by atoms with E-state index in [0.717, 1.165) is 0 Å². The van der Waals surface area contributed by atoms with Crippen LogP contribution in [-0.2, 0) is 23.7 Å². The molecule has 1 heteroatoms. The van der Waals surface area contributed by atoms with Gasteiger partial charge in [-0.05, 0) is 156 Å². The zero-order valence-corrected chi connectivity index (χ0v) is 48.1. The van der Waals surface area contributed by atoms with E-state index >= 15 is 0 Å². The molecular formula is C74H97N. The van der Waals surface area contributed by atoms with E-state index in [0.29, 0.717) is 0 Å². The lowest BCUT2D eigenvalue weighted by atomic mass is 9.70. The van der Waals surface area contributed by atoms with Gasteiger partial charge in [0, 0.05) is 27.9 Å². The highest BCUT2D eigenvalue weighted by Crippen LogP contribution is 2.58. The van der Waals surface area contributed by atoms with Crippen LogP contribution in [0.1, 0.15) is 252 Å². The second kappa shape index (κ2) is 26.4. The largest absolute Gasteiger partial charge is 0.310 e. The summed E-state index contributed by atoms with van der Waals surface area (Å²) in [5, 5.41) is 0. The zero-order valence-electron chi connectivity index (χ0n) is 48.1. The van der Waals surface area contributed by atoms with Crippen molar-refractivity contribution in [2.24, 2.45) is 0 Å². The third kappa shape index (κ3) is 12.3. The zero-order chi connectivity index (χ0) is 52.0. The Morgan fingerprint density at radius 2 is 0.640 bits per heavy atom. The summed E-state index contributed by atoms with van der Waals surface area (Å²) in [6.07, 6.45) is 39.3. The average molecular weight is 1000 g/mol. The normalized spacial score (nSPS) is 14.3. The van der Waals surface area contributed by atoms with Crippen LogP contribution in [0.4, 0.5) is 17.1 Å². The van der Waals surface area contributed by atoms with Crippen molar-refractivity contribution in [3.63, 3.8) is 0 Å². The van der Waals surface area contributed by atoms with Gasteiger partial charge in [0.2, 0.25) is 0 Å². The summed E-state index contributed by atoms with van der Waals surface area (Å²) < 4.78 is 0. The van der Waals surface area contributed by atoms with E-state index in [1.54, 1.807) is 22.3 Å². The molecule has 0 amide bonds. The molecule has 75 heavy (non-hydrogen) atoms. The number of benzene rings is 6. The summed E-state index contributed by atoms with van der Waals surface area (Å²) >= 11 is 0. The molecule has 3 aliphatic carbocycles. The first kappa shape index (κ1) is 54.9. The van der Waals surface area contributed by atoms with Crippen LogP contribution in [0.5, 0.6) is 0 Å². The molecule has 398 valence electrons. The molecule has 0 radical (unpaired) electrons. The second-order valence-electron chi connectivity index (χ2n) is 24.2. The predicted molar refractivity (Wildman–Crippen MR) is 328 cm³/mol. The molecule has 0 saturated carbocycles. The van der Waals surface area contributed by atoms with Gasteiger partial charge in [0.15, 0.2) is 0 Å². The molecule has 0 fully saturated rings. The summed E-state index contributed by atoms with van der Waals surface area (Å²) in [6.45, 7) is 14.0. The summed E-state index contributed by atoms with van der Waals surface area (Å²) in [4.78, 5) is 2.67. The topological polar surface area (TPSA) is 3.24 Å². The number of hydrogen-bond acceptors (Lipinski definition) is 1. The van der Waals surface area contributed by atoms with Crippen LogP contribution in [0.15, 0.2) is 115 Å². The van der Waals surface area contributed by atoms with Gasteiger partial charge in [-0.2, -0.15) is 0 Å². The van der Waals surface area contributed by atoms with Crippen molar-refractivity contribution in [1.29, 1.82) is 0 Å². The molecular weight excluding hydrogens is 903 g/mol. The molecule has 0 saturated heterocycles. The maximum absolute atomic E-state index is 2.70. The summed E-state index contributed by atoms with van der Waals surface area (Å²) in [5.41, 5.74) is 24.6. The molecule has 0 unspecified atom stereocenters. The van der Waals surface area contributed by atoms with Crippen LogP contribution in [0, 0.1) is 13.8 Å². The SMILES string of the molecule is CCCCCCCCC1(CCCCCCCC)c2cc(C)ccc2-c2ccc(N(c3ccc(-c4ccc5c(c4)CC5)cc3)c3ccc4c(c3)C(CCCCCCCC)(CCCCCCCC)c3cc(C)ccc3-4)cc21. The first-order valence-electron chi connectivity index (χ1n) is 31.4. The minimum atomic E-state index is 0.00738. The number of anilines is 3. The van der Waals surface area contributed by atoms with E-state index in [1.165, 1.54) is 265 Å². The fourth-order valence-corrected chi connectivity index (χ4v) is 14.3. The van der Waals surface area contributed by atoms with Crippen LogP contribution < -0.4 is 4.90 Å². The Bertz CT molecular complexity index is 2590. The molecule has 0 N–H and O–H groups in total. The average Bonchev–Trinajstić information content (AvgIpc) is 3.92. The first-order chi connectivity index (χ1) is 36.8. The van der Waals surface area contributed by atoms with Gasteiger partial charge in [0.1, 0.15) is 0 Å². The van der Waals surface area contributed by atoms with Crippen LogP contribution in [0.25, 0.3) is 33.4 Å². The Morgan fingerprint density at radius 1 is 0.307 bits per heavy atom. The number of unbranched alkanes of at least 4 members (excludes halogenated alkanes) is 20. The van der Waals surface area contributed by atoms with Gasteiger partial charge in [0.25, 0.3) is 0 Å². The van der Waals surface area contributed by atoms with E-state index in [4.69, 9.17) is 0 Å².